The van der Waals surface area contributed by atoms with E-state index >= 15 is 0 Å². The third-order valence-corrected chi connectivity index (χ3v) is 2.96. The molecule has 0 aliphatic carbocycles. The Morgan fingerprint density at radius 3 is 2.79 bits per heavy atom. The molecular formula is C10H18N4. The highest BCUT2D eigenvalue weighted by molar-refractivity contribution is 4.92. The fraction of sp³-hybridized carbons (Fsp3) is 0.800. The molecule has 0 bridgehead atoms. The van der Waals surface area contributed by atoms with Crippen LogP contribution in [0.5, 0.6) is 0 Å². The van der Waals surface area contributed by atoms with Gasteiger partial charge in [0.2, 0.25) is 0 Å². The van der Waals surface area contributed by atoms with Crippen LogP contribution >= 0.6 is 0 Å². The maximum absolute atomic E-state index is 4.46. The number of piperidine rings is 1. The Morgan fingerprint density at radius 1 is 1.43 bits per heavy atom. The summed E-state index contributed by atoms with van der Waals surface area (Å²) in [6, 6.07) is 0.525. The minimum Gasteiger partial charge on any atom is -0.316 e. The molecule has 1 aliphatic rings. The third-order valence-electron chi connectivity index (χ3n) is 2.96. The molecule has 0 radical (unpaired) electrons. The van der Waals surface area contributed by atoms with Crippen LogP contribution in [0.25, 0.3) is 0 Å². The van der Waals surface area contributed by atoms with Crippen LogP contribution in [0, 0.1) is 19.8 Å². The van der Waals surface area contributed by atoms with Crippen LogP contribution in [0.4, 0.5) is 0 Å². The largest absolute Gasteiger partial charge is 0.316 e. The number of hydrogen-bond acceptors (Lipinski definition) is 3. The smallest absolute Gasteiger partial charge is 0.147 e. The Bertz CT molecular complexity index is 318. The van der Waals surface area contributed by atoms with Crippen LogP contribution < -0.4 is 5.32 Å². The molecule has 0 amide bonds. The van der Waals surface area contributed by atoms with Gasteiger partial charge in [0.05, 0.1) is 6.04 Å². The van der Waals surface area contributed by atoms with Crippen LogP contribution in [-0.4, -0.2) is 27.9 Å². The Hall–Kier alpha value is -0.900. The van der Waals surface area contributed by atoms with Gasteiger partial charge >= 0.3 is 0 Å². The van der Waals surface area contributed by atoms with E-state index in [1.54, 1.807) is 0 Å². The number of hydrogen-bond donors (Lipinski definition) is 1. The second-order valence-electron chi connectivity index (χ2n) is 4.19. The Labute approximate surface area is 84.7 Å². The highest BCUT2D eigenvalue weighted by atomic mass is 15.4. The predicted molar refractivity (Wildman–Crippen MR) is 55.2 cm³/mol. The topological polar surface area (TPSA) is 42.7 Å². The molecule has 4 nitrogen and oxygen atoms in total. The maximum Gasteiger partial charge on any atom is 0.147 e. The maximum atomic E-state index is 4.46. The molecule has 0 spiro atoms. The average molecular weight is 194 g/mol. The van der Waals surface area contributed by atoms with Crippen molar-refractivity contribution in [1.29, 1.82) is 0 Å². The van der Waals surface area contributed by atoms with E-state index in [4.69, 9.17) is 0 Å². The molecule has 0 aromatic carbocycles. The molecular weight excluding hydrogens is 176 g/mol. The predicted octanol–water partition coefficient (Wildman–Crippen LogP) is 1.07. The van der Waals surface area contributed by atoms with Gasteiger partial charge in [-0.05, 0) is 39.3 Å². The summed E-state index contributed by atoms with van der Waals surface area (Å²) in [5, 5.41) is 7.86. The van der Waals surface area contributed by atoms with Crippen molar-refractivity contribution in [1.82, 2.24) is 20.1 Å². The van der Waals surface area contributed by atoms with Crippen molar-refractivity contribution in [2.45, 2.75) is 33.2 Å². The van der Waals surface area contributed by atoms with E-state index in [1.165, 1.54) is 0 Å². The van der Waals surface area contributed by atoms with Gasteiger partial charge in [-0.25, -0.2) is 9.67 Å². The molecule has 2 unspecified atom stereocenters. The summed E-state index contributed by atoms with van der Waals surface area (Å²) in [4.78, 5) is 4.35. The molecule has 1 aromatic heterocycles. The summed E-state index contributed by atoms with van der Waals surface area (Å²) >= 11 is 0. The van der Waals surface area contributed by atoms with Crippen LogP contribution in [0.1, 0.15) is 31.0 Å². The molecule has 1 aliphatic heterocycles. The lowest BCUT2D eigenvalue weighted by Crippen LogP contribution is -2.37. The Morgan fingerprint density at radius 2 is 2.21 bits per heavy atom. The summed E-state index contributed by atoms with van der Waals surface area (Å²) in [7, 11) is 0. The van der Waals surface area contributed by atoms with Gasteiger partial charge in [-0.1, -0.05) is 6.92 Å². The number of rotatable bonds is 1. The highest BCUT2D eigenvalue weighted by Gasteiger charge is 2.24. The molecule has 2 atom stereocenters. The fourth-order valence-corrected chi connectivity index (χ4v) is 2.21. The number of aryl methyl sites for hydroxylation is 2. The zero-order valence-electron chi connectivity index (χ0n) is 9.12. The summed E-state index contributed by atoms with van der Waals surface area (Å²) in [5.41, 5.74) is 0. The van der Waals surface area contributed by atoms with Crippen molar-refractivity contribution in [3.8, 4) is 0 Å². The SMILES string of the molecule is Cc1nc(C)n(C2CCNCC2C)n1. The van der Waals surface area contributed by atoms with Gasteiger partial charge in [-0.2, -0.15) is 5.10 Å². The number of nitrogens with one attached hydrogen (secondary N) is 1. The van der Waals surface area contributed by atoms with Gasteiger partial charge in [0.15, 0.2) is 0 Å². The molecule has 2 rings (SSSR count). The van der Waals surface area contributed by atoms with Crippen molar-refractivity contribution < 1.29 is 0 Å². The van der Waals surface area contributed by atoms with Crippen LogP contribution in [0.2, 0.25) is 0 Å². The zero-order chi connectivity index (χ0) is 10.1. The van der Waals surface area contributed by atoms with E-state index in [-0.39, 0.29) is 0 Å². The van der Waals surface area contributed by atoms with Crippen LogP contribution in [-0.2, 0) is 0 Å². The molecule has 4 heteroatoms. The first-order valence-corrected chi connectivity index (χ1v) is 5.29. The van der Waals surface area contributed by atoms with E-state index in [9.17, 15) is 0 Å². The number of aromatic nitrogens is 3. The van der Waals surface area contributed by atoms with Gasteiger partial charge in [-0.15, -0.1) is 0 Å². The number of nitrogens with zero attached hydrogens (tertiary/aromatic N) is 3. The minimum atomic E-state index is 0.525. The van der Waals surface area contributed by atoms with Gasteiger partial charge in [0, 0.05) is 0 Å². The fourth-order valence-electron chi connectivity index (χ4n) is 2.21. The molecule has 14 heavy (non-hydrogen) atoms. The molecule has 0 saturated carbocycles. The van der Waals surface area contributed by atoms with Crippen molar-refractivity contribution in [3.63, 3.8) is 0 Å². The van der Waals surface area contributed by atoms with E-state index < -0.39 is 0 Å². The van der Waals surface area contributed by atoms with Crippen LogP contribution in [0.15, 0.2) is 0 Å². The zero-order valence-corrected chi connectivity index (χ0v) is 9.12. The first-order chi connectivity index (χ1) is 6.68. The summed E-state index contributed by atoms with van der Waals surface area (Å²) in [6.45, 7) is 8.44. The van der Waals surface area contributed by atoms with Crippen molar-refractivity contribution in [2.24, 2.45) is 5.92 Å². The lowest BCUT2D eigenvalue weighted by molar-refractivity contribution is 0.251. The first-order valence-electron chi connectivity index (χ1n) is 5.29. The Kier molecular flexibility index (Phi) is 2.54. The first kappa shape index (κ1) is 9.65. The third kappa shape index (κ3) is 1.66. The minimum absolute atomic E-state index is 0.525. The lowest BCUT2D eigenvalue weighted by Gasteiger charge is -2.30. The van der Waals surface area contributed by atoms with Crippen molar-refractivity contribution >= 4 is 0 Å². The molecule has 1 fully saturated rings. The molecule has 2 heterocycles. The molecule has 78 valence electrons. The van der Waals surface area contributed by atoms with Gasteiger partial charge in [-0.3, -0.25) is 0 Å². The van der Waals surface area contributed by atoms with Crippen molar-refractivity contribution in [3.05, 3.63) is 11.6 Å². The summed E-state index contributed by atoms with van der Waals surface area (Å²) in [5.74, 6) is 2.57. The van der Waals surface area contributed by atoms with E-state index in [2.05, 4.69) is 27.0 Å². The van der Waals surface area contributed by atoms with Gasteiger partial charge in [0.1, 0.15) is 11.6 Å². The molecule has 1 aromatic rings. The standard InChI is InChI=1S/C10H18N4/c1-7-6-11-5-4-10(7)14-9(3)12-8(2)13-14/h7,10-11H,4-6H2,1-3H3. The molecule has 1 saturated heterocycles. The lowest BCUT2D eigenvalue weighted by atomic mass is 9.95. The van der Waals surface area contributed by atoms with E-state index in [0.29, 0.717) is 12.0 Å². The van der Waals surface area contributed by atoms with Gasteiger partial charge in [0.25, 0.3) is 0 Å². The second-order valence-corrected chi connectivity index (χ2v) is 4.19. The summed E-state index contributed by atoms with van der Waals surface area (Å²) < 4.78 is 2.10. The summed E-state index contributed by atoms with van der Waals surface area (Å²) in [6.07, 6.45) is 1.16. The van der Waals surface area contributed by atoms with Gasteiger partial charge < -0.3 is 5.32 Å². The second kappa shape index (κ2) is 3.69. The average Bonchev–Trinajstić information content (AvgIpc) is 2.46. The van der Waals surface area contributed by atoms with E-state index in [1.807, 2.05) is 13.8 Å². The normalized spacial score (nSPS) is 27.9. The quantitative estimate of drug-likeness (QED) is 0.727. The Balaban J connectivity index is 2.24. The monoisotopic (exact) mass is 194 g/mol. The van der Waals surface area contributed by atoms with Crippen molar-refractivity contribution in [2.75, 3.05) is 13.1 Å². The van der Waals surface area contributed by atoms with Crippen LogP contribution in [0.3, 0.4) is 0 Å². The highest BCUT2D eigenvalue weighted by Crippen LogP contribution is 2.24. The molecule has 1 N–H and O–H groups in total. The van der Waals surface area contributed by atoms with E-state index in [0.717, 1.165) is 31.2 Å².